The van der Waals surface area contributed by atoms with Gasteiger partial charge in [0, 0.05) is 18.1 Å². The summed E-state index contributed by atoms with van der Waals surface area (Å²) in [6.07, 6.45) is 0.467. The highest BCUT2D eigenvalue weighted by Crippen LogP contribution is 2.42. The number of fused-ring (bicyclic) bond motifs is 2. The molecule has 1 N–H and O–H groups in total. The Morgan fingerprint density at radius 3 is 2.63 bits per heavy atom. The van der Waals surface area contributed by atoms with E-state index in [0.717, 1.165) is 22.5 Å². The van der Waals surface area contributed by atoms with E-state index >= 15 is 0 Å². The zero-order chi connectivity index (χ0) is 24.8. The van der Waals surface area contributed by atoms with Gasteiger partial charge in [-0.3, -0.25) is 9.36 Å². The number of aromatic nitrogens is 1. The van der Waals surface area contributed by atoms with Gasteiger partial charge in [-0.1, -0.05) is 47.7 Å². The van der Waals surface area contributed by atoms with Gasteiger partial charge in [0.05, 0.1) is 34.8 Å². The Kier molecular flexibility index (Phi) is 5.94. The van der Waals surface area contributed by atoms with E-state index in [9.17, 15) is 13.2 Å². The van der Waals surface area contributed by atoms with Gasteiger partial charge in [-0.25, -0.2) is 13.1 Å². The van der Waals surface area contributed by atoms with Crippen LogP contribution in [0.1, 0.15) is 37.4 Å². The summed E-state index contributed by atoms with van der Waals surface area (Å²) in [5, 5.41) is 0. The van der Waals surface area contributed by atoms with Crippen molar-refractivity contribution in [3.05, 3.63) is 87.5 Å². The number of ether oxygens (including phenoxy) is 2. The molecule has 4 aromatic rings. The molecule has 0 amide bonds. The lowest BCUT2D eigenvalue weighted by atomic mass is 9.90. The second-order valence-corrected chi connectivity index (χ2v) is 11.9. The molecular weight excluding hydrogens is 484 g/mol. The van der Waals surface area contributed by atoms with Crippen LogP contribution in [0, 0.1) is 0 Å². The van der Waals surface area contributed by atoms with Gasteiger partial charge in [-0.15, -0.1) is 0 Å². The first-order valence-electron chi connectivity index (χ1n) is 11.2. The van der Waals surface area contributed by atoms with Crippen LogP contribution < -0.4 is 19.1 Å². The molecule has 2 heterocycles. The Hall–Kier alpha value is -3.14. The molecule has 1 atom stereocenters. The maximum Gasteiger partial charge on any atom is 0.308 e. The zero-order valence-corrected chi connectivity index (χ0v) is 21.3. The largest absolute Gasteiger partial charge is 0.497 e. The summed E-state index contributed by atoms with van der Waals surface area (Å²) in [7, 11) is -2.29. The topological polar surface area (TPSA) is 86.6 Å². The molecule has 182 valence electrons. The van der Waals surface area contributed by atoms with Crippen LogP contribution in [-0.4, -0.2) is 25.7 Å². The minimum atomic E-state index is -3.86. The summed E-state index contributed by atoms with van der Waals surface area (Å²) in [6.45, 7) is 4.28. The van der Waals surface area contributed by atoms with Gasteiger partial charge < -0.3 is 9.47 Å². The van der Waals surface area contributed by atoms with Gasteiger partial charge in [0.2, 0.25) is 10.0 Å². The SMILES string of the molecule is COc1ccc2c(c1)OC(C)(C)CC2NS(=O)(=O)c1ccc2c(c1)sc(=O)n2Cc1ccccc1. The molecule has 0 spiro atoms. The van der Waals surface area contributed by atoms with E-state index < -0.39 is 21.7 Å². The Morgan fingerprint density at radius 1 is 1.11 bits per heavy atom. The van der Waals surface area contributed by atoms with Gasteiger partial charge in [-0.05, 0) is 43.7 Å². The van der Waals surface area contributed by atoms with E-state index in [1.807, 2.05) is 50.2 Å². The molecule has 7 nitrogen and oxygen atoms in total. The lowest BCUT2D eigenvalue weighted by Crippen LogP contribution is -2.41. The molecule has 9 heteroatoms. The van der Waals surface area contributed by atoms with Crippen LogP contribution in [0.15, 0.2) is 76.4 Å². The van der Waals surface area contributed by atoms with Crippen molar-refractivity contribution in [1.29, 1.82) is 0 Å². The summed E-state index contributed by atoms with van der Waals surface area (Å²) >= 11 is 1.05. The fourth-order valence-corrected chi connectivity index (χ4v) is 6.69. The summed E-state index contributed by atoms with van der Waals surface area (Å²) in [5.74, 6) is 1.24. The van der Waals surface area contributed by atoms with E-state index in [4.69, 9.17) is 9.47 Å². The molecule has 5 rings (SSSR count). The first kappa shape index (κ1) is 23.6. The smallest absolute Gasteiger partial charge is 0.308 e. The average Bonchev–Trinajstić information content (AvgIpc) is 3.12. The van der Waals surface area contributed by atoms with Crippen molar-refractivity contribution in [2.24, 2.45) is 0 Å². The molecule has 1 unspecified atom stereocenters. The van der Waals surface area contributed by atoms with Crippen molar-refractivity contribution in [3.8, 4) is 11.5 Å². The van der Waals surface area contributed by atoms with Crippen LogP contribution in [0.2, 0.25) is 0 Å². The van der Waals surface area contributed by atoms with Gasteiger partial charge in [0.1, 0.15) is 17.1 Å². The monoisotopic (exact) mass is 510 g/mol. The molecule has 1 aliphatic rings. The van der Waals surface area contributed by atoms with Crippen molar-refractivity contribution in [1.82, 2.24) is 9.29 Å². The molecular formula is C26H26N2O5S2. The number of hydrogen-bond acceptors (Lipinski definition) is 6. The summed E-state index contributed by atoms with van der Waals surface area (Å²) in [4.78, 5) is 12.7. The zero-order valence-electron chi connectivity index (χ0n) is 19.6. The summed E-state index contributed by atoms with van der Waals surface area (Å²) < 4.78 is 43.4. The van der Waals surface area contributed by atoms with Gasteiger partial charge in [0.15, 0.2) is 0 Å². The molecule has 0 bridgehead atoms. The number of benzene rings is 3. The maximum absolute atomic E-state index is 13.4. The number of hydrogen-bond donors (Lipinski definition) is 1. The Labute approximate surface area is 208 Å². The van der Waals surface area contributed by atoms with Crippen LogP contribution in [0.3, 0.4) is 0 Å². The molecule has 0 saturated carbocycles. The average molecular weight is 511 g/mol. The number of nitrogens with one attached hydrogen (secondary N) is 1. The predicted octanol–water partition coefficient (Wildman–Crippen LogP) is 4.70. The molecule has 3 aromatic carbocycles. The van der Waals surface area contributed by atoms with Gasteiger partial charge >= 0.3 is 4.87 Å². The van der Waals surface area contributed by atoms with Crippen LogP contribution in [0.25, 0.3) is 10.2 Å². The van der Waals surface area contributed by atoms with Crippen molar-refractivity contribution < 1.29 is 17.9 Å². The predicted molar refractivity (Wildman–Crippen MR) is 137 cm³/mol. The van der Waals surface area contributed by atoms with Crippen molar-refractivity contribution in [2.75, 3.05) is 7.11 Å². The Balaban J connectivity index is 1.47. The molecule has 0 saturated heterocycles. The Morgan fingerprint density at radius 2 is 1.89 bits per heavy atom. The normalized spacial score (nSPS) is 17.1. The third-order valence-corrected chi connectivity index (χ3v) is 8.52. The standard InChI is InChI=1S/C26H26N2O5S2/c1-26(2)15-21(20-11-9-18(32-3)13-23(20)33-26)27-35(30,31)19-10-12-22-24(14-19)34-25(29)28(22)16-17-7-5-4-6-8-17/h4-14,21,27H,15-16H2,1-3H3. The van der Waals surface area contributed by atoms with Gasteiger partial charge in [0.25, 0.3) is 0 Å². The van der Waals surface area contributed by atoms with Crippen LogP contribution >= 0.6 is 11.3 Å². The lowest BCUT2D eigenvalue weighted by molar-refractivity contribution is 0.0699. The van der Waals surface area contributed by atoms with Crippen LogP contribution in [-0.2, 0) is 16.6 Å². The number of nitrogens with zero attached hydrogens (tertiary/aromatic N) is 1. The van der Waals surface area contributed by atoms with Crippen molar-refractivity contribution >= 4 is 31.6 Å². The first-order chi connectivity index (χ1) is 16.6. The van der Waals surface area contributed by atoms with Crippen LogP contribution in [0.5, 0.6) is 11.5 Å². The molecule has 1 aromatic heterocycles. The van der Waals surface area contributed by atoms with E-state index in [0.29, 0.717) is 34.7 Å². The fourth-order valence-electron chi connectivity index (χ4n) is 4.45. The van der Waals surface area contributed by atoms with E-state index in [-0.39, 0.29) is 9.77 Å². The highest BCUT2D eigenvalue weighted by Gasteiger charge is 2.36. The van der Waals surface area contributed by atoms with E-state index in [1.165, 1.54) is 0 Å². The van der Waals surface area contributed by atoms with Crippen LogP contribution in [0.4, 0.5) is 0 Å². The second kappa shape index (κ2) is 8.82. The van der Waals surface area contributed by atoms with Crippen molar-refractivity contribution in [2.45, 2.75) is 43.4 Å². The summed E-state index contributed by atoms with van der Waals surface area (Å²) in [5.41, 5.74) is 1.91. The molecule has 0 fully saturated rings. The Bertz CT molecular complexity index is 1560. The maximum atomic E-state index is 13.4. The van der Waals surface area contributed by atoms with E-state index in [1.54, 1.807) is 42.0 Å². The lowest BCUT2D eigenvalue weighted by Gasteiger charge is -2.37. The van der Waals surface area contributed by atoms with Gasteiger partial charge in [-0.2, -0.15) is 0 Å². The fraction of sp³-hybridized carbons (Fsp3) is 0.269. The highest BCUT2D eigenvalue weighted by atomic mass is 32.2. The quantitative estimate of drug-likeness (QED) is 0.406. The third-order valence-electron chi connectivity index (χ3n) is 6.11. The number of sulfonamides is 1. The molecule has 1 aliphatic heterocycles. The molecule has 0 aliphatic carbocycles. The summed E-state index contributed by atoms with van der Waals surface area (Å²) in [6, 6.07) is 19.5. The number of thiazole rings is 1. The molecule has 35 heavy (non-hydrogen) atoms. The molecule has 0 radical (unpaired) electrons. The number of methoxy groups -OCH3 is 1. The van der Waals surface area contributed by atoms with Crippen molar-refractivity contribution in [3.63, 3.8) is 0 Å². The second-order valence-electron chi connectivity index (χ2n) is 9.21. The third kappa shape index (κ3) is 4.71. The minimum absolute atomic E-state index is 0.123. The number of rotatable bonds is 6. The first-order valence-corrected chi connectivity index (χ1v) is 13.5. The highest BCUT2D eigenvalue weighted by molar-refractivity contribution is 7.89. The minimum Gasteiger partial charge on any atom is -0.497 e. The van der Waals surface area contributed by atoms with E-state index in [2.05, 4.69) is 4.72 Å².